The molecule has 1 aromatic rings. The van der Waals surface area contributed by atoms with Crippen LogP contribution in [-0.4, -0.2) is 0 Å². The van der Waals surface area contributed by atoms with Gasteiger partial charge in [0.2, 0.25) is 0 Å². The van der Waals surface area contributed by atoms with E-state index in [9.17, 15) is 4.39 Å². The zero-order chi connectivity index (χ0) is 8.97. The Balaban J connectivity index is 2.89. The van der Waals surface area contributed by atoms with Crippen molar-refractivity contribution in [3.63, 3.8) is 0 Å². The first-order valence-corrected chi connectivity index (χ1v) is 3.56. The highest BCUT2D eigenvalue weighted by Gasteiger charge is 1.98. The van der Waals surface area contributed by atoms with Crippen molar-refractivity contribution < 1.29 is 4.39 Å². The topological polar surface area (TPSA) is 48.8 Å². The summed E-state index contributed by atoms with van der Waals surface area (Å²) < 4.78 is 12.6. The molecule has 1 rings (SSSR count). The van der Waals surface area contributed by atoms with E-state index in [2.05, 4.69) is 10.0 Å². The summed E-state index contributed by atoms with van der Waals surface area (Å²) in [5.41, 5.74) is 8.70. The van der Waals surface area contributed by atoms with Gasteiger partial charge >= 0.3 is 0 Å². The van der Waals surface area contributed by atoms with E-state index in [0.29, 0.717) is 5.56 Å². The van der Waals surface area contributed by atoms with Gasteiger partial charge in [-0.2, -0.15) is 0 Å². The van der Waals surface area contributed by atoms with Crippen molar-refractivity contribution >= 4 is 11.6 Å². The van der Waals surface area contributed by atoms with Crippen LogP contribution in [0.5, 0.6) is 0 Å². The SMILES string of the molecule is [N-]=[N+]=NCc1ccc(F)c(Cl)c1. The molecular weight excluding hydrogens is 181 g/mol. The van der Waals surface area contributed by atoms with Gasteiger partial charge in [0, 0.05) is 4.91 Å². The third kappa shape index (κ3) is 2.12. The maximum atomic E-state index is 12.6. The van der Waals surface area contributed by atoms with Crippen LogP contribution >= 0.6 is 11.6 Å². The predicted octanol–water partition coefficient (Wildman–Crippen LogP) is 3.29. The summed E-state index contributed by atoms with van der Waals surface area (Å²) in [6.45, 7) is 0.191. The molecule has 1 aromatic carbocycles. The molecule has 0 aromatic heterocycles. The quantitative estimate of drug-likeness (QED) is 0.386. The van der Waals surface area contributed by atoms with Gasteiger partial charge in [0.1, 0.15) is 5.82 Å². The number of azide groups is 1. The van der Waals surface area contributed by atoms with Crippen molar-refractivity contribution in [2.24, 2.45) is 5.11 Å². The smallest absolute Gasteiger partial charge is 0.141 e. The minimum atomic E-state index is -0.471. The number of halogens is 2. The minimum Gasteiger partial charge on any atom is -0.205 e. The second-order valence-electron chi connectivity index (χ2n) is 2.14. The Kier molecular flexibility index (Phi) is 2.91. The van der Waals surface area contributed by atoms with E-state index in [-0.39, 0.29) is 11.6 Å². The lowest BCUT2D eigenvalue weighted by molar-refractivity contribution is 0.627. The molecule has 3 nitrogen and oxygen atoms in total. The van der Waals surface area contributed by atoms with Crippen molar-refractivity contribution in [2.75, 3.05) is 0 Å². The summed E-state index contributed by atoms with van der Waals surface area (Å²) in [5, 5.41) is 3.35. The molecule has 0 unspecified atom stereocenters. The number of rotatable bonds is 2. The lowest BCUT2D eigenvalue weighted by Gasteiger charge is -1.96. The van der Waals surface area contributed by atoms with Gasteiger partial charge < -0.3 is 0 Å². The standard InChI is InChI=1S/C7H5ClFN3/c8-6-3-5(4-11-12-10)1-2-7(6)9/h1-3H,4H2. The molecule has 0 heterocycles. The Bertz CT molecular complexity index is 333. The lowest BCUT2D eigenvalue weighted by atomic mass is 10.2. The molecule has 62 valence electrons. The highest BCUT2D eigenvalue weighted by atomic mass is 35.5. The summed E-state index contributed by atoms with van der Waals surface area (Å²) in [7, 11) is 0. The Morgan fingerprint density at radius 2 is 2.33 bits per heavy atom. The van der Waals surface area contributed by atoms with E-state index >= 15 is 0 Å². The van der Waals surface area contributed by atoms with E-state index in [1.807, 2.05) is 0 Å². The fourth-order valence-corrected chi connectivity index (χ4v) is 0.954. The molecule has 0 atom stereocenters. The van der Waals surface area contributed by atoms with E-state index < -0.39 is 5.82 Å². The molecule has 0 bridgehead atoms. The monoisotopic (exact) mass is 185 g/mol. The lowest BCUT2D eigenvalue weighted by Crippen LogP contribution is -1.82. The van der Waals surface area contributed by atoms with Crippen LogP contribution in [-0.2, 0) is 6.54 Å². The summed E-state index contributed by atoms with van der Waals surface area (Å²) in [4.78, 5) is 2.57. The van der Waals surface area contributed by atoms with Crippen LogP contribution in [0.2, 0.25) is 5.02 Å². The average molecular weight is 186 g/mol. The second kappa shape index (κ2) is 3.95. The Morgan fingerprint density at radius 3 is 2.92 bits per heavy atom. The van der Waals surface area contributed by atoms with E-state index in [1.165, 1.54) is 18.2 Å². The largest absolute Gasteiger partial charge is 0.205 e. The molecule has 0 N–H and O–H groups in total. The zero-order valence-corrected chi connectivity index (χ0v) is 6.79. The van der Waals surface area contributed by atoms with E-state index in [1.54, 1.807) is 0 Å². The highest BCUT2D eigenvalue weighted by Crippen LogP contribution is 2.16. The number of nitrogens with zero attached hydrogens (tertiary/aromatic N) is 3. The third-order valence-electron chi connectivity index (χ3n) is 1.30. The van der Waals surface area contributed by atoms with Crippen molar-refractivity contribution in [1.82, 2.24) is 0 Å². The molecule has 0 amide bonds. The molecule has 0 radical (unpaired) electrons. The summed E-state index contributed by atoms with van der Waals surface area (Å²) >= 11 is 5.48. The van der Waals surface area contributed by atoms with E-state index in [4.69, 9.17) is 17.1 Å². The van der Waals surface area contributed by atoms with Crippen LogP contribution in [0.1, 0.15) is 5.56 Å². The van der Waals surface area contributed by atoms with Gasteiger partial charge in [-0.1, -0.05) is 22.8 Å². The van der Waals surface area contributed by atoms with Crippen LogP contribution in [0.4, 0.5) is 4.39 Å². The van der Waals surface area contributed by atoms with Gasteiger partial charge in [0.15, 0.2) is 0 Å². The molecule has 0 saturated carbocycles. The van der Waals surface area contributed by atoms with Crippen molar-refractivity contribution in [2.45, 2.75) is 6.54 Å². The first-order chi connectivity index (χ1) is 5.74. The molecule has 5 heteroatoms. The molecule has 0 aliphatic heterocycles. The molecular formula is C7H5ClFN3. The summed E-state index contributed by atoms with van der Waals surface area (Å²) in [6.07, 6.45) is 0. The molecule has 0 spiro atoms. The van der Waals surface area contributed by atoms with Crippen LogP contribution in [0.3, 0.4) is 0 Å². The number of benzene rings is 1. The number of hydrogen-bond acceptors (Lipinski definition) is 1. The van der Waals surface area contributed by atoms with Gasteiger partial charge in [-0.15, -0.1) is 0 Å². The molecule has 12 heavy (non-hydrogen) atoms. The third-order valence-corrected chi connectivity index (χ3v) is 1.59. The van der Waals surface area contributed by atoms with Crippen LogP contribution in [0.15, 0.2) is 23.3 Å². The van der Waals surface area contributed by atoms with Crippen molar-refractivity contribution in [3.05, 3.63) is 45.0 Å². The first-order valence-electron chi connectivity index (χ1n) is 3.19. The Morgan fingerprint density at radius 1 is 1.58 bits per heavy atom. The van der Waals surface area contributed by atoms with Crippen LogP contribution in [0.25, 0.3) is 10.4 Å². The van der Waals surface area contributed by atoms with Crippen LogP contribution in [0, 0.1) is 5.82 Å². The molecule has 0 aliphatic rings. The summed E-state index contributed by atoms with van der Waals surface area (Å²) in [5.74, 6) is -0.471. The number of hydrogen-bond donors (Lipinski definition) is 0. The Hall–Kier alpha value is -1.25. The van der Waals surface area contributed by atoms with E-state index in [0.717, 1.165) is 0 Å². The average Bonchev–Trinajstić information content (AvgIpc) is 2.07. The van der Waals surface area contributed by atoms with Crippen molar-refractivity contribution in [3.8, 4) is 0 Å². The summed E-state index contributed by atoms with van der Waals surface area (Å²) in [6, 6.07) is 4.20. The maximum Gasteiger partial charge on any atom is 0.141 e. The molecule has 0 saturated heterocycles. The van der Waals surface area contributed by atoms with Crippen molar-refractivity contribution in [1.29, 1.82) is 0 Å². The van der Waals surface area contributed by atoms with Gasteiger partial charge in [-0.3, -0.25) is 0 Å². The Labute approximate surface area is 73.4 Å². The normalized spacial score (nSPS) is 9.17. The first kappa shape index (κ1) is 8.84. The fraction of sp³-hybridized carbons (Fsp3) is 0.143. The highest BCUT2D eigenvalue weighted by molar-refractivity contribution is 6.30. The van der Waals surface area contributed by atoms with Crippen LogP contribution < -0.4 is 0 Å². The molecule has 0 aliphatic carbocycles. The second-order valence-corrected chi connectivity index (χ2v) is 2.54. The van der Waals surface area contributed by atoms with Gasteiger partial charge in [-0.25, -0.2) is 4.39 Å². The van der Waals surface area contributed by atoms with Gasteiger partial charge in [0.05, 0.1) is 11.6 Å². The minimum absolute atomic E-state index is 0.0423. The van der Waals surface area contributed by atoms with Gasteiger partial charge in [-0.05, 0) is 23.2 Å². The molecule has 0 fully saturated rings. The maximum absolute atomic E-state index is 12.6. The predicted molar refractivity (Wildman–Crippen MR) is 44.3 cm³/mol. The fourth-order valence-electron chi connectivity index (χ4n) is 0.751. The zero-order valence-electron chi connectivity index (χ0n) is 6.04. The van der Waals surface area contributed by atoms with Gasteiger partial charge in [0.25, 0.3) is 0 Å².